The fraction of sp³-hybridized carbons (Fsp3) is 0.250. The number of carbonyl (C=O) groups is 1. The molecule has 5 nitrogen and oxygen atoms in total. The normalized spacial score (nSPS) is 11.0. The molecule has 1 aromatic carbocycles. The number of anilines is 1. The number of nitrogens with two attached hydrogens (primary N) is 1. The van der Waals surface area contributed by atoms with E-state index in [9.17, 15) is 9.90 Å². The van der Waals surface area contributed by atoms with Crippen molar-refractivity contribution in [3.63, 3.8) is 0 Å². The third-order valence-corrected chi connectivity index (χ3v) is 5.30. The number of hydrogen-bond donors (Lipinski definition) is 2. The van der Waals surface area contributed by atoms with Crippen molar-refractivity contribution in [2.24, 2.45) is 0 Å². The molecule has 0 bridgehead atoms. The molecule has 3 aromatic rings. The van der Waals surface area contributed by atoms with Gasteiger partial charge in [0.05, 0.1) is 23.4 Å². The van der Waals surface area contributed by atoms with Gasteiger partial charge in [0, 0.05) is 21.9 Å². The number of nitrogen functional groups attached to an aromatic ring is 1. The molecular formula is C16H17N3O2S2. The Balaban J connectivity index is 1.86. The van der Waals surface area contributed by atoms with Gasteiger partial charge in [-0.3, -0.25) is 4.79 Å². The smallest absolute Gasteiger partial charge is 0.254 e. The number of rotatable bonds is 5. The highest BCUT2D eigenvalue weighted by molar-refractivity contribution is 7.22. The van der Waals surface area contributed by atoms with E-state index < -0.39 is 0 Å². The Labute approximate surface area is 142 Å². The van der Waals surface area contributed by atoms with Crippen LogP contribution in [-0.2, 0) is 6.54 Å². The predicted octanol–water partition coefficient (Wildman–Crippen LogP) is 2.88. The van der Waals surface area contributed by atoms with E-state index in [2.05, 4.69) is 4.98 Å². The zero-order valence-corrected chi connectivity index (χ0v) is 14.3. The molecule has 0 atom stereocenters. The number of benzene rings is 1. The fourth-order valence-electron chi connectivity index (χ4n) is 2.39. The van der Waals surface area contributed by atoms with E-state index in [1.807, 2.05) is 25.1 Å². The van der Waals surface area contributed by atoms with Crippen LogP contribution in [0.2, 0.25) is 0 Å². The summed E-state index contributed by atoms with van der Waals surface area (Å²) in [5.74, 6) is -0.112. The van der Waals surface area contributed by atoms with Gasteiger partial charge in [-0.05, 0) is 37.3 Å². The number of aryl methyl sites for hydroxylation is 1. The first-order valence-electron chi connectivity index (χ1n) is 7.18. The zero-order valence-electron chi connectivity index (χ0n) is 12.7. The van der Waals surface area contributed by atoms with Crippen LogP contribution in [0.15, 0.2) is 30.3 Å². The van der Waals surface area contributed by atoms with Gasteiger partial charge in [-0.25, -0.2) is 4.98 Å². The first-order chi connectivity index (χ1) is 11.1. The molecular weight excluding hydrogens is 330 g/mol. The van der Waals surface area contributed by atoms with E-state index >= 15 is 0 Å². The third kappa shape index (κ3) is 3.52. The number of thiazole rings is 1. The number of aromatic nitrogens is 1. The number of aliphatic hydroxyl groups excluding tert-OH is 1. The van der Waals surface area contributed by atoms with Crippen LogP contribution in [-0.4, -0.2) is 34.0 Å². The van der Waals surface area contributed by atoms with Gasteiger partial charge in [-0.15, -0.1) is 11.3 Å². The van der Waals surface area contributed by atoms with E-state index in [4.69, 9.17) is 5.73 Å². The van der Waals surface area contributed by atoms with Crippen molar-refractivity contribution in [2.45, 2.75) is 13.5 Å². The molecule has 0 unspecified atom stereocenters. The highest BCUT2D eigenvalue weighted by atomic mass is 32.1. The lowest BCUT2D eigenvalue weighted by Crippen LogP contribution is -2.32. The number of hydrogen-bond acceptors (Lipinski definition) is 6. The summed E-state index contributed by atoms with van der Waals surface area (Å²) in [7, 11) is 0. The largest absolute Gasteiger partial charge is 0.395 e. The minimum atomic E-state index is -0.112. The summed E-state index contributed by atoms with van der Waals surface area (Å²) >= 11 is 3.06. The van der Waals surface area contributed by atoms with Gasteiger partial charge in [0.15, 0.2) is 5.13 Å². The standard InChI is InChI=1S/C16H17N3O2S2/c1-10-2-4-12(22-10)9-19(6-7-20)15(21)11-3-5-14-13(8-11)18-16(17)23-14/h2-5,8,20H,6-7,9H2,1H3,(H2,17,18). The van der Waals surface area contributed by atoms with Gasteiger partial charge >= 0.3 is 0 Å². The number of amides is 1. The van der Waals surface area contributed by atoms with Gasteiger partial charge in [0.25, 0.3) is 5.91 Å². The lowest BCUT2D eigenvalue weighted by atomic mass is 10.2. The van der Waals surface area contributed by atoms with Crippen molar-refractivity contribution >= 4 is 43.9 Å². The van der Waals surface area contributed by atoms with E-state index in [1.54, 1.807) is 28.4 Å². The van der Waals surface area contributed by atoms with Crippen molar-refractivity contribution in [3.8, 4) is 0 Å². The highest BCUT2D eigenvalue weighted by Crippen LogP contribution is 2.25. The van der Waals surface area contributed by atoms with Crippen molar-refractivity contribution in [2.75, 3.05) is 18.9 Å². The quantitative estimate of drug-likeness (QED) is 0.744. The molecule has 0 radical (unpaired) electrons. The molecule has 0 saturated carbocycles. The molecule has 120 valence electrons. The molecule has 0 spiro atoms. The van der Waals surface area contributed by atoms with Crippen LogP contribution in [0.4, 0.5) is 5.13 Å². The van der Waals surface area contributed by atoms with Crippen LogP contribution in [0.5, 0.6) is 0 Å². The zero-order chi connectivity index (χ0) is 16.4. The molecule has 0 fully saturated rings. The number of thiophene rings is 1. The minimum Gasteiger partial charge on any atom is -0.395 e. The Kier molecular flexibility index (Phi) is 4.61. The summed E-state index contributed by atoms with van der Waals surface area (Å²) in [6, 6.07) is 9.46. The van der Waals surface area contributed by atoms with E-state index in [1.165, 1.54) is 16.2 Å². The number of aliphatic hydroxyl groups is 1. The second-order valence-corrected chi connectivity index (χ2v) is 7.63. The molecule has 0 saturated heterocycles. The van der Waals surface area contributed by atoms with Crippen LogP contribution in [0.1, 0.15) is 20.1 Å². The Bertz CT molecular complexity index is 841. The average Bonchev–Trinajstić information content (AvgIpc) is 3.09. The van der Waals surface area contributed by atoms with Crippen molar-refractivity contribution in [1.82, 2.24) is 9.88 Å². The van der Waals surface area contributed by atoms with Crippen LogP contribution in [0.25, 0.3) is 10.2 Å². The Hall–Kier alpha value is -1.96. The molecule has 1 amide bonds. The van der Waals surface area contributed by atoms with Crippen LogP contribution in [0.3, 0.4) is 0 Å². The number of nitrogens with zero attached hydrogens (tertiary/aromatic N) is 2. The van der Waals surface area contributed by atoms with Crippen molar-refractivity contribution in [3.05, 3.63) is 45.6 Å². The monoisotopic (exact) mass is 347 g/mol. The average molecular weight is 347 g/mol. The number of fused-ring (bicyclic) bond motifs is 1. The Morgan fingerprint density at radius 2 is 2.13 bits per heavy atom. The molecule has 0 aliphatic carbocycles. The topological polar surface area (TPSA) is 79.5 Å². The molecule has 3 N–H and O–H groups in total. The van der Waals surface area contributed by atoms with Crippen LogP contribution < -0.4 is 5.73 Å². The first-order valence-corrected chi connectivity index (χ1v) is 8.81. The lowest BCUT2D eigenvalue weighted by molar-refractivity contribution is 0.0710. The molecule has 0 aliphatic heterocycles. The summed E-state index contributed by atoms with van der Waals surface area (Å²) in [6.45, 7) is 2.76. The third-order valence-electron chi connectivity index (χ3n) is 3.45. The second-order valence-electron chi connectivity index (χ2n) is 5.20. The molecule has 3 rings (SSSR count). The van der Waals surface area contributed by atoms with E-state index in [0.29, 0.717) is 23.8 Å². The minimum absolute atomic E-state index is 0.0675. The molecule has 2 aromatic heterocycles. The fourth-order valence-corrected chi connectivity index (χ4v) is 4.01. The van der Waals surface area contributed by atoms with Crippen LogP contribution in [0, 0.1) is 6.92 Å². The molecule has 23 heavy (non-hydrogen) atoms. The first kappa shape index (κ1) is 15.9. The summed E-state index contributed by atoms with van der Waals surface area (Å²) in [5, 5.41) is 9.76. The van der Waals surface area contributed by atoms with E-state index in [-0.39, 0.29) is 12.5 Å². The Morgan fingerprint density at radius 3 is 2.83 bits per heavy atom. The summed E-state index contributed by atoms with van der Waals surface area (Å²) in [5.41, 5.74) is 7.00. The SMILES string of the molecule is Cc1ccc(CN(CCO)C(=O)c2ccc3sc(N)nc3c2)s1. The van der Waals surface area contributed by atoms with E-state index in [0.717, 1.165) is 15.1 Å². The summed E-state index contributed by atoms with van der Waals surface area (Å²) < 4.78 is 0.960. The van der Waals surface area contributed by atoms with Crippen molar-refractivity contribution in [1.29, 1.82) is 0 Å². The van der Waals surface area contributed by atoms with Gasteiger partial charge in [0.2, 0.25) is 0 Å². The number of carbonyl (C=O) groups excluding carboxylic acids is 1. The second kappa shape index (κ2) is 6.66. The van der Waals surface area contributed by atoms with Gasteiger partial charge in [-0.2, -0.15) is 0 Å². The van der Waals surface area contributed by atoms with Gasteiger partial charge < -0.3 is 15.7 Å². The molecule has 2 heterocycles. The van der Waals surface area contributed by atoms with Crippen molar-refractivity contribution < 1.29 is 9.90 Å². The highest BCUT2D eigenvalue weighted by Gasteiger charge is 2.17. The van der Waals surface area contributed by atoms with Crippen LogP contribution >= 0.6 is 22.7 Å². The Morgan fingerprint density at radius 1 is 1.30 bits per heavy atom. The maximum absolute atomic E-state index is 12.8. The summed E-state index contributed by atoms with van der Waals surface area (Å²) in [4.78, 5) is 20.9. The van der Waals surface area contributed by atoms with Gasteiger partial charge in [-0.1, -0.05) is 11.3 Å². The molecule has 0 aliphatic rings. The van der Waals surface area contributed by atoms with Gasteiger partial charge in [0.1, 0.15) is 0 Å². The maximum Gasteiger partial charge on any atom is 0.254 e. The maximum atomic E-state index is 12.8. The lowest BCUT2D eigenvalue weighted by Gasteiger charge is -2.21. The predicted molar refractivity (Wildman–Crippen MR) is 94.9 cm³/mol. The molecule has 7 heteroatoms. The summed E-state index contributed by atoms with van der Waals surface area (Å²) in [6.07, 6.45) is 0.